The van der Waals surface area contributed by atoms with Crippen molar-refractivity contribution < 1.29 is 13.9 Å². The van der Waals surface area contributed by atoms with Crippen molar-refractivity contribution in [2.24, 2.45) is 0 Å². The maximum absolute atomic E-state index is 13.9. The second kappa shape index (κ2) is 5.55. The highest BCUT2D eigenvalue weighted by Crippen LogP contribution is 2.24. The van der Waals surface area contributed by atoms with Gasteiger partial charge in [0.2, 0.25) is 11.7 Å². The molecule has 0 aliphatic carbocycles. The van der Waals surface area contributed by atoms with Crippen LogP contribution in [-0.4, -0.2) is 38.4 Å². The molecule has 3 rings (SSSR count). The minimum absolute atomic E-state index is 0.0502. The van der Waals surface area contributed by atoms with E-state index in [1.54, 1.807) is 6.20 Å². The summed E-state index contributed by atoms with van der Waals surface area (Å²) >= 11 is 0. The molecule has 2 aromatic heterocycles. The van der Waals surface area contributed by atoms with Crippen LogP contribution < -0.4 is 10.1 Å². The summed E-state index contributed by atoms with van der Waals surface area (Å²) in [7, 11) is 0. The molecule has 1 aliphatic heterocycles. The second-order valence-corrected chi connectivity index (χ2v) is 4.82. The molecule has 2 aromatic rings. The van der Waals surface area contributed by atoms with Gasteiger partial charge in [-0.3, -0.25) is 4.79 Å². The van der Waals surface area contributed by atoms with Crippen LogP contribution in [-0.2, 0) is 13.1 Å². The summed E-state index contributed by atoms with van der Waals surface area (Å²) in [6.07, 6.45) is 4.35. The quantitative estimate of drug-likeness (QED) is 0.825. The first-order chi connectivity index (χ1) is 10.2. The molecule has 0 saturated carbocycles. The summed E-state index contributed by atoms with van der Waals surface area (Å²) in [5.74, 6) is -0.222. The van der Waals surface area contributed by atoms with Crippen LogP contribution in [0, 0.1) is 12.7 Å². The van der Waals surface area contributed by atoms with Gasteiger partial charge in [-0.15, -0.1) is 0 Å². The van der Waals surface area contributed by atoms with Crippen molar-refractivity contribution in [3.63, 3.8) is 0 Å². The normalized spacial score (nSPS) is 13.0. The standard InChI is InChI=1S/C13H16FN5O2/c1-9-15-4-6-18(9)5-2-3-16-12(20)11-10(14)13-19(17-11)7-8-21-13/h4,6H,2-3,5,7-8H2,1H3,(H,16,20). The zero-order valence-electron chi connectivity index (χ0n) is 11.7. The van der Waals surface area contributed by atoms with Crippen molar-refractivity contribution in [2.75, 3.05) is 13.2 Å². The maximum atomic E-state index is 13.9. The number of imidazole rings is 1. The molecule has 0 aromatic carbocycles. The highest BCUT2D eigenvalue weighted by molar-refractivity contribution is 5.92. The molecule has 0 spiro atoms. The Morgan fingerprint density at radius 3 is 3.14 bits per heavy atom. The fourth-order valence-corrected chi connectivity index (χ4v) is 2.26. The molecular weight excluding hydrogens is 277 g/mol. The van der Waals surface area contributed by atoms with E-state index < -0.39 is 11.7 Å². The number of hydrogen-bond acceptors (Lipinski definition) is 4. The molecule has 1 N–H and O–H groups in total. The Bertz CT molecular complexity index is 664. The number of aromatic nitrogens is 4. The molecule has 0 fully saturated rings. The molecule has 21 heavy (non-hydrogen) atoms. The lowest BCUT2D eigenvalue weighted by atomic mass is 10.3. The van der Waals surface area contributed by atoms with E-state index in [9.17, 15) is 9.18 Å². The molecule has 0 unspecified atom stereocenters. The molecule has 8 heteroatoms. The fourth-order valence-electron chi connectivity index (χ4n) is 2.26. The van der Waals surface area contributed by atoms with E-state index in [0.29, 0.717) is 19.7 Å². The van der Waals surface area contributed by atoms with Crippen LogP contribution in [0.4, 0.5) is 4.39 Å². The lowest BCUT2D eigenvalue weighted by molar-refractivity contribution is 0.0942. The van der Waals surface area contributed by atoms with Crippen LogP contribution in [0.1, 0.15) is 22.7 Å². The number of rotatable bonds is 5. The predicted octanol–water partition coefficient (Wildman–Crippen LogP) is 0.740. The molecule has 0 atom stereocenters. The molecule has 112 valence electrons. The van der Waals surface area contributed by atoms with E-state index in [1.165, 1.54) is 4.68 Å². The van der Waals surface area contributed by atoms with E-state index in [4.69, 9.17) is 4.74 Å². The van der Waals surface area contributed by atoms with Crippen molar-refractivity contribution in [3.8, 4) is 5.88 Å². The molecular formula is C13H16FN5O2. The minimum atomic E-state index is -0.685. The number of nitrogens with one attached hydrogen (secondary N) is 1. The van der Waals surface area contributed by atoms with Crippen molar-refractivity contribution in [2.45, 2.75) is 26.4 Å². The number of carbonyl (C=O) groups excluding carboxylic acids is 1. The molecule has 0 bridgehead atoms. The molecule has 1 aliphatic rings. The van der Waals surface area contributed by atoms with Gasteiger partial charge in [-0.1, -0.05) is 0 Å². The first-order valence-corrected chi connectivity index (χ1v) is 6.82. The monoisotopic (exact) mass is 293 g/mol. The zero-order valence-corrected chi connectivity index (χ0v) is 11.7. The number of carbonyl (C=O) groups is 1. The highest BCUT2D eigenvalue weighted by Gasteiger charge is 2.27. The summed E-state index contributed by atoms with van der Waals surface area (Å²) in [6, 6.07) is 0. The summed E-state index contributed by atoms with van der Waals surface area (Å²) in [5, 5.41) is 6.59. The van der Waals surface area contributed by atoms with E-state index in [2.05, 4.69) is 15.4 Å². The Morgan fingerprint density at radius 1 is 1.57 bits per heavy atom. The Labute approximate surface area is 120 Å². The van der Waals surface area contributed by atoms with Crippen LogP contribution in [0.15, 0.2) is 12.4 Å². The Balaban J connectivity index is 1.52. The van der Waals surface area contributed by atoms with Gasteiger partial charge in [-0.25, -0.2) is 9.67 Å². The van der Waals surface area contributed by atoms with Gasteiger partial charge in [0.15, 0.2) is 5.69 Å². The number of fused-ring (bicyclic) bond motifs is 1. The SMILES string of the molecule is Cc1nccn1CCCNC(=O)c1nn2c(c1F)OCC2. The Hall–Kier alpha value is -2.38. The maximum Gasteiger partial charge on any atom is 0.275 e. The van der Waals surface area contributed by atoms with E-state index in [-0.39, 0.29) is 11.6 Å². The lowest BCUT2D eigenvalue weighted by Crippen LogP contribution is -2.26. The van der Waals surface area contributed by atoms with E-state index >= 15 is 0 Å². The van der Waals surface area contributed by atoms with Gasteiger partial charge in [0.05, 0.1) is 6.54 Å². The first kappa shape index (κ1) is 13.6. The second-order valence-electron chi connectivity index (χ2n) is 4.82. The average molecular weight is 293 g/mol. The third-order valence-corrected chi connectivity index (χ3v) is 3.39. The van der Waals surface area contributed by atoms with Gasteiger partial charge in [0.25, 0.3) is 5.91 Å². The Morgan fingerprint density at radius 2 is 2.43 bits per heavy atom. The molecule has 7 nitrogen and oxygen atoms in total. The third-order valence-electron chi connectivity index (χ3n) is 3.39. The Kier molecular flexibility index (Phi) is 3.59. The summed E-state index contributed by atoms with van der Waals surface area (Å²) in [4.78, 5) is 16.0. The van der Waals surface area contributed by atoms with Crippen LogP contribution in [0.25, 0.3) is 0 Å². The van der Waals surface area contributed by atoms with Crippen LogP contribution >= 0.6 is 0 Å². The number of amides is 1. The third kappa shape index (κ3) is 2.61. The summed E-state index contributed by atoms with van der Waals surface area (Å²) < 4.78 is 22.3. The zero-order chi connectivity index (χ0) is 14.8. The van der Waals surface area contributed by atoms with E-state index in [1.807, 2.05) is 17.7 Å². The largest absolute Gasteiger partial charge is 0.474 e. The van der Waals surface area contributed by atoms with Gasteiger partial charge in [-0.2, -0.15) is 9.49 Å². The fraction of sp³-hybridized carbons (Fsp3) is 0.462. The molecule has 0 radical (unpaired) electrons. The number of hydrogen-bond donors (Lipinski definition) is 1. The van der Waals surface area contributed by atoms with Gasteiger partial charge >= 0.3 is 0 Å². The van der Waals surface area contributed by atoms with Crippen molar-refractivity contribution >= 4 is 5.91 Å². The first-order valence-electron chi connectivity index (χ1n) is 6.82. The van der Waals surface area contributed by atoms with Crippen LogP contribution in [0.5, 0.6) is 5.88 Å². The summed E-state index contributed by atoms with van der Waals surface area (Å²) in [6.45, 7) is 3.97. The van der Waals surface area contributed by atoms with E-state index in [0.717, 1.165) is 18.8 Å². The predicted molar refractivity (Wildman–Crippen MR) is 71.6 cm³/mol. The topological polar surface area (TPSA) is 74.0 Å². The van der Waals surface area contributed by atoms with Crippen molar-refractivity contribution in [3.05, 3.63) is 29.7 Å². The van der Waals surface area contributed by atoms with Gasteiger partial charge in [-0.05, 0) is 13.3 Å². The number of nitrogens with zero attached hydrogens (tertiary/aromatic N) is 4. The number of aryl methyl sites for hydroxylation is 2. The number of halogens is 1. The van der Waals surface area contributed by atoms with Crippen molar-refractivity contribution in [1.29, 1.82) is 0 Å². The van der Waals surface area contributed by atoms with Crippen molar-refractivity contribution in [1.82, 2.24) is 24.6 Å². The molecule has 3 heterocycles. The average Bonchev–Trinajstić information content (AvgIpc) is 3.14. The highest BCUT2D eigenvalue weighted by atomic mass is 19.1. The van der Waals surface area contributed by atoms with Gasteiger partial charge in [0, 0.05) is 25.5 Å². The molecule has 1 amide bonds. The van der Waals surface area contributed by atoms with Gasteiger partial charge in [0.1, 0.15) is 12.4 Å². The smallest absolute Gasteiger partial charge is 0.275 e. The lowest BCUT2D eigenvalue weighted by Gasteiger charge is -2.06. The number of ether oxygens (including phenoxy) is 1. The van der Waals surface area contributed by atoms with Crippen LogP contribution in [0.3, 0.4) is 0 Å². The minimum Gasteiger partial charge on any atom is -0.474 e. The van der Waals surface area contributed by atoms with Gasteiger partial charge < -0.3 is 14.6 Å². The summed E-state index contributed by atoms with van der Waals surface area (Å²) in [5.41, 5.74) is -0.205. The van der Waals surface area contributed by atoms with Crippen LogP contribution in [0.2, 0.25) is 0 Å². The molecule has 0 saturated heterocycles.